The van der Waals surface area contributed by atoms with Gasteiger partial charge in [0.1, 0.15) is 5.75 Å². The number of phenols is 1. The van der Waals surface area contributed by atoms with E-state index in [1.54, 1.807) is 30.5 Å². The van der Waals surface area contributed by atoms with Crippen LogP contribution in [0, 0.1) is 0 Å². The van der Waals surface area contributed by atoms with Gasteiger partial charge < -0.3 is 10.4 Å². The van der Waals surface area contributed by atoms with Gasteiger partial charge in [-0.05, 0) is 18.2 Å². The van der Waals surface area contributed by atoms with Gasteiger partial charge in [0.05, 0.1) is 5.69 Å². The zero-order valence-corrected chi connectivity index (χ0v) is 8.42. The number of amides is 1. The molecule has 0 saturated heterocycles. The van der Waals surface area contributed by atoms with Gasteiger partial charge in [0, 0.05) is 23.2 Å². The number of aromatic hydroxyl groups is 1. The summed E-state index contributed by atoms with van der Waals surface area (Å²) in [5, 5.41) is 13.6. The highest BCUT2D eigenvalue weighted by Gasteiger charge is 2.02. The lowest BCUT2D eigenvalue weighted by Gasteiger charge is -2.02. The third-order valence-corrected chi connectivity index (χ3v) is 2.22. The van der Waals surface area contributed by atoms with E-state index in [2.05, 4.69) is 10.3 Å². The van der Waals surface area contributed by atoms with Crippen LogP contribution in [0.25, 0.3) is 16.8 Å². The Kier molecular flexibility index (Phi) is 2.82. The largest absolute Gasteiger partial charge is 0.507 e. The van der Waals surface area contributed by atoms with Crippen molar-refractivity contribution >= 4 is 23.3 Å². The molecule has 0 aliphatic carbocycles. The average molecular weight is 214 g/mol. The van der Waals surface area contributed by atoms with E-state index in [0.717, 1.165) is 10.8 Å². The molecule has 1 amide bonds. The van der Waals surface area contributed by atoms with Crippen molar-refractivity contribution in [2.45, 2.75) is 0 Å². The molecular weight excluding hydrogens is 204 g/mol. The van der Waals surface area contributed by atoms with E-state index in [4.69, 9.17) is 0 Å². The quantitative estimate of drug-likeness (QED) is 0.764. The van der Waals surface area contributed by atoms with Gasteiger partial charge in [0.15, 0.2) is 0 Å². The Morgan fingerprint density at radius 3 is 2.94 bits per heavy atom. The van der Waals surface area contributed by atoms with Crippen molar-refractivity contribution in [1.82, 2.24) is 10.3 Å². The lowest BCUT2D eigenvalue weighted by atomic mass is 10.1. The molecule has 4 nitrogen and oxygen atoms in total. The second kappa shape index (κ2) is 4.44. The first-order valence-corrected chi connectivity index (χ1v) is 4.76. The highest BCUT2D eigenvalue weighted by Crippen LogP contribution is 2.25. The summed E-state index contributed by atoms with van der Waals surface area (Å²) in [6.07, 6.45) is 5.37. The molecule has 1 aromatic heterocycles. The topological polar surface area (TPSA) is 62.2 Å². The first-order valence-electron chi connectivity index (χ1n) is 4.76. The first-order chi connectivity index (χ1) is 7.83. The molecule has 2 rings (SSSR count). The number of carbonyl (C=O) groups is 1. The summed E-state index contributed by atoms with van der Waals surface area (Å²) in [6, 6.07) is 6.99. The number of carbonyl (C=O) groups excluding carboxylic acids is 1. The fraction of sp³-hybridized carbons (Fsp3) is 0. The predicted molar refractivity (Wildman–Crippen MR) is 61.6 cm³/mol. The Morgan fingerprint density at radius 2 is 2.12 bits per heavy atom. The minimum absolute atomic E-state index is 0.220. The zero-order valence-electron chi connectivity index (χ0n) is 8.42. The SMILES string of the molecule is O=CNC=Cc1nccc2c(O)cccc12. The molecule has 0 aliphatic rings. The van der Waals surface area contributed by atoms with Crippen molar-refractivity contribution in [3.05, 3.63) is 42.4 Å². The van der Waals surface area contributed by atoms with Crippen LogP contribution in [0.1, 0.15) is 5.69 Å². The highest BCUT2D eigenvalue weighted by molar-refractivity contribution is 5.93. The van der Waals surface area contributed by atoms with Gasteiger partial charge in [-0.2, -0.15) is 0 Å². The Balaban J connectivity index is 2.54. The number of rotatable bonds is 3. The van der Waals surface area contributed by atoms with E-state index < -0.39 is 0 Å². The van der Waals surface area contributed by atoms with Crippen LogP contribution in [0.4, 0.5) is 0 Å². The van der Waals surface area contributed by atoms with Crippen LogP contribution in [0.2, 0.25) is 0 Å². The minimum atomic E-state index is 0.220. The molecule has 0 atom stereocenters. The second-order valence-electron chi connectivity index (χ2n) is 3.19. The molecule has 2 N–H and O–H groups in total. The molecule has 0 aliphatic heterocycles. The van der Waals surface area contributed by atoms with Crippen molar-refractivity contribution < 1.29 is 9.90 Å². The summed E-state index contributed by atoms with van der Waals surface area (Å²) < 4.78 is 0. The molecule has 1 aromatic carbocycles. The fourth-order valence-corrected chi connectivity index (χ4v) is 1.51. The first kappa shape index (κ1) is 10.2. The van der Waals surface area contributed by atoms with E-state index >= 15 is 0 Å². The molecular formula is C12H10N2O2. The van der Waals surface area contributed by atoms with Crippen molar-refractivity contribution in [2.24, 2.45) is 0 Å². The number of hydrogen-bond donors (Lipinski definition) is 2. The Hall–Kier alpha value is -2.36. The molecule has 1 heterocycles. The number of nitrogens with one attached hydrogen (secondary N) is 1. The van der Waals surface area contributed by atoms with E-state index in [0.29, 0.717) is 12.1 Å². The van der Waals surface area contributed by atoms with E-state index in [-0.39, 0.29) is 5.75 Å². The molecule has 16 heavy (non-hydrogen) atoms. The van der Waals surface area contributed by atoms with E-state index in [9.17, 15) is 9.90 Å². The normalized spacial score (nSPS) is 10.8. The van der Waals surface area contributed by atoms with Gasteiger partial charge in [-0.15, -0.1) is 0 Å². The standard InChI is InChI=1S/C12H10N2O2/c15-8-13-6-5-11-9-2-1-3-12(16)10(9)4-7-14-11/h1-8,16H,(H,13,15). The molecule has 0 saturated carbocycles. The molecule has 2 aromatic rings. The van der Waals surface area contributed by atoms with Gasteiger partial charge in [-0.1, -0.05) is 12.1 Å². The molecule has 0 radical (unpaired) electrons. The number of phenolic OH excluding ortho intramolecular Hbond substituents is 1. The molecule has 4 heteroatoms. The Labute approximate surface area is 92.2 Å². The fourth-order valence-electron chi connectivity index (χ4n) is 1.51. The van der Waals surface area contributed by atoms with Gasteiger partial charge >= 0.3 is 0 Å². The highest BCUT2D eigenvalue weighted by atomic mass is 16.3. The molecule has 0 unspecified atom stereocenters. The summed E-state index contributed by atoms with van der Waals surface area (Å²) in [5.74, 6) is 0.220. The summed E-state index contributed by atoms with van der Waals surface area (Å²) in [7, 11) is 0. The monoisotopic (exact) mass is 214 g/mol. The van der Waals surface area contributed by atoms with Gasteiger partial charge in [-0.25, -0.2) is 0 Å². The van der Waals surface area contributed by atoms with Crippen molar-refractivity contribution in [3.8, 4) is 5.75 Å². The number of nitrogens with zero attached hydrogens (tertiary/aromatic N) is 1. The van der Waals surface area contributed by atoms with Crippen LogP contribution in [0.5, 0.6) is 5.75 Å². The summed E-state index contributed by atoms with van der Waals surface area (Å²) in [5.41, 5.74) is 0.697. The lowest BCUT2D eigenvalue weighted by Crippen LogP contribution is -1.98. The predicted octanol–water partition coefficient (Wildman–Crippen LogP) is 1.66. The maximum atomic E-state index is 10.1. The Bertz CT molecular complexity index is 550. The van der Waals surface area contributed by atoms with Crippen LogP contribution < -0.4 is 5.32 Å². The molecule has 0 fully saturated rings. The second-order valence-corrected chi connectivity index (χ2v) is 3.19. The van der Waals surface area contributed by atoms with Crippen molar-refractivity contribution in [3.63, 3.8) is 0 Å². The smallest absolute Gasteiger partial charge is 0.211 e. The van der Waals surface area contributed by atoms with Gasteiger partial charge in [0.25, 0.3) is 0 Å². The van der Waals surface area contributed by atoms with Crippen molar-refractivity contribution in [2.75, 3.05) is 0 Å². The summed E-state index contributed by atoms with van der Waals surface area (Å²) in [6.45, 7) is 0. The number of pyridine rings is 1. The lowest BCUT2D eigenvalue weighted by molar-refractivity contribution is -0.108. The average Bonchev–Trinajstić information content (AvgIpc) is 2.31. The maximum Gasteiger partial charge on any atom is 0.211 e. The van der Waals surface area contributed by atoms with Gasteiger partial charge in [-0.3, -0.25) is 9.78 Å². The van der Waals surface area contributed by atoms with Crippen LogP contribution >= 0.6 is 0 Å². The van der Waals surface area contributed by atoms with E-state index in [1.165, 1.54) is 6.20 Å². The van der Waals surface area contributed by atoms with Crippen molar-refractivity contribution in [1.29, 1.82) is 0 Å². The number of hydrogen-bond acceptors (Lipinski definition) is 3. The number of fused-ring (bicyclic) bond motifs is 1. The third-order valence-electron chi connectivity index (χ3n) is 2.22. The van der Waals surface area contributed by atoms with Crippen LogP contribution in [0.15, 0.2) is 36.7 Å². The maximum absolute atomic E-state index is 10.1. The van der Waals surface area contributed by atoms with Gasteiger partial charge in [0.2, 0.25) is 6.41 Å². The van der Waals surface area contributed by atoms with Crippen LogP contribution in [0.3, 0.4) is 0 Å². The third kappa shape index (κ3) is 1.86. The summed E-state index contributed by atoms with van der Waals surface area (Å²) >= 11 is 0. The molecule has 0 spiro atoms. The summed E-state index contributed by atoms with van der Waals surface area (Å²) in [4.78, 5) is 14.3. The number of aromatic nitrogens is 1. The van der Waals surface area contributed by atoms with Crippen LogP contribution in [-0.2, 0) is 4.79 Å². The zero-order chi connectivity index (χ0) is 11.4. The van der Waals surface area contributed by atoms with Crippen LogP contribution in [-0.4, -0.2) is 16.5 Å². The Morgan fingerprint density at radius 1 is 1.25 bits per heavy atom. The minimum Gasteiger partial charge on any atom is -0.507 e. The van der Waals surface area contributed by atoms with E-state index in [1.807, 2.05) is 6.07 Å². The number of benzene rings is 1. The molecule has 80 valence electrons. The molecule has 0 bridgehead atoms.